The first-order valence-corrected chi connectivity index (χ1v) is 8.38. The van der Waals surface area contributed by atoms with Crippen LogP contribution in [-0.2, 0) is 14.9 Å². The van der Waals surface area contributed by atoms with Crippen LogP contribution in [0.25, 0.3) is 0 Å². The van der Waals surface area contributed by atoms with Crippen molar-refractivity contribution in [3.05, 3.63) is 23.7 Å². The highest BCUT2D eigenvalue weighted by Gasteiger charge is 2.28. The molecule has 0 amide bonds. The van der Waals surface area contributed by atoms with Gasteiger partial charge in [-0.15, -0.1) is 0 Å². The van der Waals surface area contributed by atoms with Gasteiger partial charge >= 0.3 is 5.97 Å². The molecule has 0 radical (unpaired) electrons. The van der Waals surface area contributed by atoms with E-state index in [1.807, 2.05) is 19.9 Å². The van der Waals surface area contributed by atoms with Crippen molar-refractivity contribution < 1.29 is 13.9 Å². The Bertz CT molecular complexity index is 484. The van der Waals surface area contributed by atoms with Gasteiger partial charge in [-0.05, 0) is 64.9 Å². The maximum absolute atomic E-state index is 11.8. The van der Waals surface area contributed by atoms with Crippen molar-refractivity contribution in [1.29, 1.82) is 0 Å². The minimum absolute atomic E-state index is 0.0199. The molecule has 0 N–H and O–H groups in total. The average molecular weight is 307 g/mol. The molecule has 1 fully saturated rings. The molecule has 124 valence electrons. The molecule has 22 heavy (non-hydrogen) atoms. The molecule has 1 aliphatic rings. The summed E-state index contributed by atoms with van der Waals surface area (Å²) < 4.78 is 10.9. The first kappa shape index (κ1) is 17.1. The van der Waals surface area contributed by atoms with Crippen LogP contribution in [0.2, 0.25) is 0 Å². The van der Waals surface area contributed by atoms with Crippen LogP contribution in [0.5, 0.6) is 0 Å². The lowest BCUT2D eigenvalue weighted by Gasteiger charge is -2.33. The molecule has 0 atom stereocenters. The third-order valence-electron chi connectivity index (χ3n) is 4.67. The monoisotopic (exact) mass is 307 g/mol. The van der Waals surface area contributed by atoms with Gasteiger partial charge in [0, 0.05) is 5.41 Å². The number of nitrogens with zero attached hydrogens (tertiary/aromatic N) is 1. The Labute approximate surface area is 133 Å². The second-order valence-corrected chi connectivity index (χ2v) is 6.91. The van der Waals surface area contributed by atoms with Crippen LogP contribution >= 0.6 is 0 Å². The number of furan rings is 1. The Morgan fingerprint density at radius 2 is 2.05 bits per heavy atom. The van der Waals surface area contributed by atoms with Gasteiger partial charge in [-0.3, -0.25) is 4.79 Å². The number of piperidine rings is 1. The van der Waals surface area contributed by atoms with Gasteiger partial charge in [-0.25, -0.2) is 0 Å². The second kappa shape index (κ2) is 7.32. The number of likely N-dealkylation sites (tertiary alicyclic amines) is 1. The molecule has 0 unspecified atom stereocenters. The predicted octanol–water partition coefficient (Wildman–Crippen LogP) is 3.53. The third kappa shape index (κ3) is 4.35. The van der Waals surface area contributed by atoms with Crippen molar-refractivity contribution in [3.63, 3.8) is 0 Å². The molecule has 1 aromatic heterocycles. The van der Waals surface area contributed by atoms with Crippen molar-refractivity contribution in [2.45, 2.75) is 52.4 Å². The first-order valence-electron chi connectivity index (χ1n) is 8.38. The molecule has 2 heterocycles. The summed E-state index contributed by atoms with van der Waals surface area (Å²) in [7, 11) is 0. The molecule has 0 saturated carbocycles. The fourth-order valence-corrected chi connectivity index (χ4v) is 3.01. The van der Waals surface area contributed by atoms with E-state index in [1.54, 1.807) is 0 Å². The van der Waals surface area contributed by atoms with E-state index in [-0.39, 0.29) is 17.3 Å². The van der Waals surface area contributed by atoms with E-state index in [0.717, 1.165) is 50.4 Å². The van der Waals surface area contributed by atoms with Gasteiger partial charge in [0.1, 0.15) is 11.5 Å². The summed E-state index contributed by atoms with van der Waals surface area (Å²) in [6.45, 7) is 11.8. The Morgan fingerprint density at radius 1 is 1.36 bits per heavy atom. The molecule has 0 aromatic carbocycles. The molecule has 1 saturated heterocycles. The van der Waals surface area contributed by atoms with E-state index in [0.29, 0.717) is 6.61 Å². The summed E-state index contributed by atoms with van der Waals surface area (Å²) in [6.07, 6.45) is 2.89. The van der Waals surface area contributed by atoms with E-state index in [4.69, 9.17) is 9.15 Å². The number of aryl methyl sites for hydroxylation is 1. The van der Waals surface area contributed by atoms with Crippen molar-refractivity contribution in [2.75, 3.05) is 26.2 Å². The second-order valence-electron chi connectivity index (χ2n) is 6.91. The van der Waals surface area contributed by atoms with Crippen LogP contribution in [0.3, 0.4) is 0 Å². The van der Waals surface area contributed by atoms with E-state index < -0.39 is 0 Å². The summed E-state index contributed by atoms with van der Waals surface area (Å²) in [5, 5.41) is 0. The first-order chi connectivity index (χ1) is 10.4. The van der Waals surface area contributed by atoms with Crippen LogP contribution in [-0.4, -0.2) is 37.1 Å². The van der Waals surface area contributed by atoms with Gasteiger partial charge in [-0.2, -0.15) is 0 Å². The van der Waals surface area contributed by atoms with E-state index in [9.17, 15) is 4.79 Å². The van der Waals surface area contributed by atoms with E-state index in [2.05, 4.69) is 24.8 Å². The minimum Gasteiger partial charge on any atom is -0.466 e. The number of hydrogen-bond acceptors (Lipinski definition) is 4. The summed E-state index contributed by atoms with van der Waals surface area (Å²) in [5.41, 5.74) is 0.0479. The highest BCUT2D eigenvalue weighted by atomic mass is 16.5. The van der Waals surface area contributed by atoms with Gasteiger partial charge in [0.15, 0.2) is 0 Å². The highest BCUT2D eigenvalue weighted by Crippen LogP contribution is 2.29. The SMILES string of the molecule is CCOC(=O)C1CCN(CCC(C)(C)c2ccc(C)o2)CC1. The average Bonchev–Trinajstić information content (AvgIpc) is 2.93. The van der Waals surface area contributed by atoms with Crippen molar-refractivity contribution >= 4 is 5.97 Å². The zero-order valence-corrected chi connectivity index (χ0v) is 14.4. The summed E-state index contributed by atoms with van der Waals surface area (Å²) >= 11 is 0. The van der Waals surface area contributed by atoms with Crippen LogP contribution in [0.4, 0.5) is 0 Å². The zero-order chi connectivity index (χ0) is 16.2. The zero-order valence-electron chi connectivity index (χ0n) is 14.4. The number of hydrogen-bond donors (Lipinski definition) is 0. The Hall–Kier alpha value is -1.29. The number of esters is 1. The standard InChI is InChI=1S/C18H29NO3/c1-5-21-17(20)15-8-11-19(12-9-15)13-10-18(3,4)16-7-6-14(2)22-16/h6-7,15H,5,8-13H2,1-4H3. The van der Waals surface area contributed by atoms with Crippen LogP contribution in [0.15, 0.2) is 16.5 Å². The molecule has 0 aliphatic carbocycles. The van der Waals surface area contributed by atoms with Gasteiger partial charge in [0.2, 0.25) is 0 Å². The molecule has 1 aromatic rings. The topological polar surface area (TPSA) is 42.7 Å². The van der Waals surface area contributed by atoms with Crippen LogP contribution in [0, 0.1) is 12.8 Å². The van der Waals surface area contributed by atoms with E-state index in [1.165, 1.54) is 0 Å². The number of ether oxygens (including phenoxy) is 1. The normalized spacial score (nSPS) is 17.6. The van der Waals surface area contributed by atoms with Gasteiger partial charge in [0.05, 0.1) is 12.5 Å². The molecule has 4 heteroatoms. The maximum Gasteiger partial charge on any atom is 0.309 e. The van der Waals surface area contributed by atoms with Crippen LogP contribution in [0.1, 0.15) is 51.6 Å². The maximum atomic E-state index is 11.8. The van der Waals surface area contributed by atoms with E-state index >= 15 is 0 Å². The minimum atomic E-state index is -0.0199. The molecule has 0 bridgehead atoms. The number of rotatable bonds is 6. The molecular formula is C18H29NO3. The Morgan fingerprint density at radius 3 is 2.59 bits per heavy atom. The largest absolute Gasteiger partial charge is 0.466 e. The fourth-order valence-electron chi connectivity index (χ4n) is 3.01. The lowest BCUT2D eigenvalue weighted by atomic mass is 9.86. The molecule has 0 spiro atoms. The molecule has 1 aliphatic heterocycles. The lowest BCUT2D eigenvalue weighted by molar-refractivity contribution is -0.149. The van der Waals surface area contributed by atoms with Crippen molar-refractivity contribution in [1.82, 2.24) is 4.90 Å². The van der Waals surface area contributed by atoms with Crippen molar-refractivity contribution in [2.24, 2.45) is 5.92 Å². The summed E-state index contributed by atoms with van der Waals surface area (Å²) in [6, 6.07) is 4.12. The molecule has 2 rings (SSSR count). The van der Waals surface area contributed by atoms with Crippen LogP contribution < -0.4 is 0 Å². The lowest BCUT2D eigenvalue weighted by Crippen LogP contribution is -2.39. The van der Waals surface area contributed by atoms with Gasteiger partial charge < -0.3 is 14.1 Å². The molecular weight excluding hydrogens is 278 g/mol. The Kier molecular flexibility index (Phi) is 5.68. The number of carbonyl (C=O) groups is 1. The third-order valence-corrected chi connectivity index (χ3v) is 4.67. The number of carbonyl (C=O) groups excluding carboxylic acids is 1. The predicted molar refractivity (Wildman–Crippen MR) is 86.9 cm³/mol. The highest BCUT2D eigenvalue weighted by molar-refractivity contribution is 5.72. The summed E-state index contributed by atoms with van der Waals surface area (Å²) in [4.78, 5) is 14.2. The Balaban J connectivity index is 1.78. The quantitative estimate of drug-likeness (QED) is 0.754. The molecule has 4 nitrogen and oxygen atoms in total. The van der Waals surface area contributed by atoms with Crippen molar-refractivity contribution in [3.8, 4) is 0 Å². The van der Waals surface area contributed by atoms with Gasteiger partial charge in [-0.1, -0.05) is 13.8 Å². The van der Waals surface area contributed by atoms with Gasteiger partial charge in [0.25, 0.3) is 0 Å². The summed E-state index contributed by atoms with van der Waals surface area (Å²) in [5.74, 6) is 2.11. The smallest absolute Gasteiger partial charge is 0.309 e. The fraction of sp³-hybridized carbons (Fsp3) is 0.722.